The molecular weight excluding hydrogens is 446 g/mol. The molecule has 1 aromatic carbocycles. The summed E-state index contributed by atoms with van der Waals surface area (Å²) in [5, 5.41) is 11.0. The molecule has 36 heavy (non-hydrogen) atoms. The highest BCUT2D eigenvalue weighted by Crippen LogP contribution is 2.19. The molecule has 7 rings (SSSR count). The molecule has 5 aromatic rings. The van der Waals surface area contributed by atoms with Gasteiger partial charge in [-0.05, 0) is 85.0 Å². The Morgan fingerprint density at radius 3 is 1.78 bits per heavy atom. The Labute approximate surface area is 207 Å². The van der Waals surface area contributed by atoms with Gasteiger partial charge in [-0.25, -0.2) is 9.97 Å². The molecule has 0 saturated heterocycles. The lowest BCUT2D eigenvalue weighted by Gasteiger charge is -2.00. The molecule has 6 heterocycles. The smallest absolute Gasteiger partial charge is 0.120 e. The fourth-order valence-electron chi connectivity index (χ4n) is 4.26. The van der Waals surface area contributed by atoms with Crippen molar-refractivity contribution in [3.05, 3.63) is 114 Å². The minimum Gasteiger partial charge on any atom is -0.376 e. The molecule has 6 heteroatoms. The first-order valence-electron chi connectivity index (χ1n) is 11.7. The zero-order valence-electron chi connectivity index (χ0n) is 19.4. The number of fused-ring (bicyclic) bond motifs is 9. The van der Waals surface area contributed by atoms with E-state index in [9.17, 15) is 5.11 Å². The van der Waals surface area contributed by atoms with E-state index in [1.807, 2.05) is 108 Å². The van der Waals surface area contributed by atoms with E-state index in [1.165, 1.54) is 5.39 Å². The highest BCUT2D eigenvalue weighted by atomic mass is 16.3. The van der Waals surface area contributed by atoms with E-state index in [-0.39, 0.29) is 6.73 Å². The first kappa shape index (κ1) is 21.7. The van der Waals surface area contributed by atoms with Gasteiger partial charge in [-0.1, -0.05) is 24.3 Å². The number of hydrogen-bond donors (Lipinski definition) is 2. The van der Waals surface area contributed by atoms with Crippen LogP contribution in [0.5, 0.6) is 0 Å². The first-order chi connectivity index (χ1) is 17.7. The highest BCUT2D eigenvalue weighted by Gasteiger charge is 2.04. The average Bonchev–Trinajstić information content (AvgIpc) is 3.70. The van der Waals surface area contributed by atoms with Gasteiger partial charge >= 0.3 is 0 Å². The van der Waals surface area contributed by atoms with E-state index < -0.39 is 0 Å². The van der Waals surface area contributed by atoms with Gasteiger partial charge in [-0.2, -0.15) is 0 Å². The fourth-order valence-corrected chi connectivity index (χ4v) is 4.26. The predicted octanol–water partition coefficient (Wildman–Crippen LogP) is 6.31. The van der Waals surface area contributed by atoms with Gasteiger partial charge in [-0.15, -0.1) is 0 Å². The number of nitrogens with one attached hydrogen (secondary N) is 1. The molecule has 6 nitrogen and oxygen atoms in total. The van der Waals surface area contributed by atoms with E-state index in [4.69, 9.17) is 0 Å². The van der Waals surface area contributed by atoms with Crippen LogP contribution in [0.1, 0.15) is 22.8 Å². The van der Waals surface area contributed by atoms with Crippen molar-refractivity contribution >= 4 is 57.3 Å². The molecule has 0 spiro atoms. The second kappa shape index (κ2) is 9.44. The van der Waals surface area contributed by atoms with Crippen molar-refractivity contribution in [1.29, 1.82) is 0 Å². The van der Waals surface area contributed by atoms with E-state index in [0.717, 1.165) is 50.4 Å². The number of nitrogens with zero attached hydrogens (tertiary/aromatic N) is 4. The molecule has 8 bridgehead atoms. The van der Waals surface area contributed by atoms with Crippen LogP contribution in [0, 0.1) is 0 Å². The van der Waals surface area contributed by atoms with Crippen LogP contribution in [0.2, 0.25) is 0 Å². The number of rotatable bonds is 1. The van der Waals surface area contributed by atoms with Gasteiger partial charge in [0.15, 0.2) is 0 Å². The van der Waals surface area contributed by atoms with E-state index in [1.54, 1.807) is 0 Å². The number of aromatic nitrogens is 5. The molecule has 2 N–H and O–H groups in total. The number of aromatic amines is 1. The maximum Gasteiger partial charge on any atom is 0.120 e. The van der Waals surface area contributed by atoms with Crippen LogP contribution in [0.4, 0.5) is 0 Å². The zero-order valence-corrected chi connectivity index (χ0v) is 19.4. The molecule has 0 fully saturated rings. The van der Waals surface area contributed by atoms with Crippen molar-refractivity contribution in [2.45, 2.75) is 6.73 Å². The van der Waals surface area contributed by atoms with Crippen LogP contribution in [0.3, 0.4) is 0 Å². The van der Waals surface area contributed by atoms with Gasteiger partial charge in [0, 0.05) is 33.6 Å². The van der Waals surface area contributed by atoms with Crippen LogP contribution >= 0.6 is 0 Å². The molecular formula is C30H23N5O. The monoisotopic (exact) mass is 469 g/mol. The number of aliphatic hydroxyl groups excluding tert-OH is 1. The van der Waals surface area contributed by atoms with E-state index in [2.05, 4.69) is 32.1 Å². The van der Waals surface area contributed by atoms with Gasteiger partial charge in [0.1, 0.15) is 6.73 Å². The summed E-state index contributed by atoms with van der Waals surface area (Å²) in [7, 11) is 0. The van der Waals surface area contributed by atoms with Crippen molar-refractivity contribution in [2.24, 2.45) is 0 Å². The number of benzene rings is 1. The third-order valence-electron chi connectivity index (χ3n) is 6.00. The van der Waals surface area contributed by atoms with Crippen LogP contribution in [-0.4, -0.2) is 29.6 Å². The highest BCUT2D eigenvalue weighted by molar-refractivity contribution is 5.78. The summed E-state index contributed by atoms with van der Waals surface area (Å²) < 4.78 is 1.83. The quantitative estimate of drug-likeness (QED) is 0.295. The van der Waals surface area contributed by atoms with Crippen molar-refractivity contribution in [1.82, 2.24) is 24.5 Å². The fraction of sp³-hybridized carbons (Fsp3) is 0.0333. The summed E-state index contributed by atoms with van der Waals surface area (Å²) in [6.45, 7) is -0.103. The second-order valence-electron chi connectivity index (χ2n) is 8.48. The average molecular weight is 470 g/mol. The number of pyridine rings is 1. The predicted molar refractivity (Wildman–Crippen MR) is 146 cm³/mol. The Morgan fingerprint density at radius 2 is 1.19 bits per heavy atom. The number of hydrogen-bond acceptors (Lipinski definition) is 4. The summed E-state index contributed by atoms with van der Waals surface area (Å²) in [5.41, 5.74) is 8.33. The lowest BCUT2D eigenvalue weighted by molar-refractivity contribution is 0.220. The van der Waals surface area contributed by atoms with Crippen molar-refractivity contribution in [2.75, 3.05) is 0 Å². The molecule has 0 saturated carbocycles. The third kappa shape index (κ3) is 4.58. The van der Waals surface area contributed by atoms with E-state index in [0.29, 0.717) is 0 Å². The van der Waals surface area contributed by atoms with Crippen LogP contribution in [0.15, 0.2) is 91.1 Å². The Hall–Kier alpha value is -4.81. The largest absolute Gasteiger partial charge is 0.376 e. The Morgan fingerprint density at radius 1 is 0.639 bits per heavy atom. The number of para-hydroxylation sites is 1. The number of aliphatic hydroxyl groups is 1. The Bertz CT molecular complexity index is 1640. The third-order valence-corrected chi connectivity index (χ3v) is 6.00. The molecule has 2 aliphatic heterocycles. The molecule has 0 amide bonds. The van der Waals surface area contributed by atoms with Gasteiger partial charge in [0.2, 0.25) is 0 Å². The normalized spacial score (nSPS) is 11.9. The second-order valence-corrected chi connectivity index (χ2v) is 8.48. The maximum atomic E-state index is 9.82. The molecule has 0 aliphatic carbocycles. The van der Waals surface area contributed by atoms with Crippen molar-refractivity contribution < 1.29 is 5.11 Å². The van der Waals surface area contributed by atoms with Crippen molar-refractivity contribution in [3.63, 3.8) is 0 Å². The van der Waals surface area contributed by atoms with Gasteiger partial charge in [0.05, 0.1) is 28.3 Å². The lowest BCUT2D eigenvalue weighted by Crippen LogP contribution is -1.95. The molecule has 0 radical (unpaired) electrons. The van der Waals surface area contributed by atoms with Gasteiger partial charge in [0.25, 0.3) is 0 Å². The topological polar surface area (TPSA) is 79.6 Å². The minimum absolute atomic E-state index is 0.103. The lowest BCUT2D eigenvalue weighted by atomic mass is 10.2. The summed E-state index contributed by atoms with van der Waals surface area (Å²) in [4.78, 5) is 16.8. The Balaban J connectivity index is 0.000000200. The van der Waals surface area contributed by atoms with Crippen LogP contribution < -0.4 is 0 Å². The summed E-state index contributed by atoms with van der Waals surface area (Å²) in [5.74, 6) is 0. The number of H-pyrrole nitrogens is 1. The Kier molecular flexibility index (Phi) is 5.69. The first-order valence-corrected chi connectivity index (χ1v) is 11.7. The summed E-state index contributed by atoms with van der Waals surface area (Å²) in [6.07, 6.45) is 9.73. The molecule has 174 valence electrons. The SMILES string of the molecule is OCn1c2ccc1cc1nc(cc3ccc(cc4nc(c2)C=C4)[nH]3)C=C1.c1ccc2ncccc2c1. The molecule has 4 aromatic heterocycles. The summed E-state index contributed by atoms with van der Waals surface area (Å²) in [6, 6.07) is 28.0. The summed E-state index contributed by atoms with van der Waals surface area (Å²) >= 11 is 0. The van der Waals surface area contributed by atoms with Gasteiger partial charge < -0.3 is 14.7 Å². The molecule has 2 aliphatic rings. The standard InChI is InChI=1S/C21H16N4O.C9H7N/c26-13-25-20-7-8-21(25)12-19-6-4-17(24-19)10-15-2-1-14(22-15)9-16-3-5-18(11-20)23-16;1-2-6-9-8(4-1)5-3-7-10-9/h1-12,22,26H,13H2;1-7H. The molecule has 0 atom stereocenters. The van der Waals surface area contributed by atoms with Crippen LogP contribution in [-0.2, 0) is 6.73 Å². The van der Waals surface area contributed by atoms with Crippen LogP contribution in [0.25, 0.3) is 57.3 Å². The maximum absolute atomic E-state index is 9.82. The van der Waals surface area contributed by atoms with E-state index >= 15 is 0 Å². The van der Waals surface area contributed by atoms with Gasteiger partial charge in [-0.3, -0.25) is 4.98 Å². The zero-order chi connectivity index (χ0) is 24.3. The minimum atomic E-state index is -0.103. The van der Waals surface area contributed by atoms with Crippen molar-refractivity contribution in [3.8, 4) is 0 Å². The molecule has 0 unspecified atom stereocenters.